The number of carbonyl (C=O) groups excluding carboxylic acids is 2. The third-order valence-electron chi connectivity index (χ3n) is 4.94. The van der Waals surface area contributed by atoms with Crippen LogP contribution in [0.15, 0.2) is 30.3 Å². The zero-order valence-corrected chi connectivity index (χ0v) is 15.3. The predicted molar refractivity (Wildman–Crippen MR) is 98.8 cm³/mol. The average Bonchev–Trinajstić information content (AvgIpc) is 3.10. The van der Waals surface area contributed by atoms with Crippen molar-refractivity contribution < 1.29 is 14.3 Å². The molecular weight excluding hydrogens is 342 g/mol. The van der Waals surface area contributed by atoms with Gasteiger partial charge in [0.2, 0.25) is 5.91 Å². The number of anilines is 1. The molecule has 2 saturated heterocycles. The molecule has 1 unspecified atom stereocenters. The van der Waals surface area contributed by atoms with Crippen LogP contribution in [0, 0.1) is 0 Å². The van der Waals surface area contributed by atoms with Crippen LogP contribution in [0.25, 0.3) is 0 Å². The lowest BCUT2D eigenvalue weighted by atomic mass is 10.0. The van der Waals surface area contributed by atoms with E-state index in [-0.39, 0.29) is 30.3 Å². The van der Waals surface area contributed by atoms with Gasteiger partial charge in [-0.3, -0.25) is 9.59 Å². The molecule has 7 heteroatoms. The Morgan fingerprint density at radius 3 is 2.64 bits per heavy atom. The number of likely N-dealkylation sites (N-methyl/N-ethyl adjacent to an activating group) is 1. The summed E-state index contributed by atoms with van der Waals surface area (Å²) in [6.45, 7) is 1.12. The van der Waals surface area contributed by atoms with Crippen molar-refractivity contribution in [1.82, 2.24) is 4.90 Å². The van der Waals surface area contributed by atoms with E-state index in [1.807, 2.05) is 30.3 Å². The smallest absolute Gasteiger partial charge is 0.252 e. The van der Waals surface area contributed by atoms with Crippen LogP contribution in [0.3, 0.4) is 0 Å². The van der Waals surface area contributed by atoms with E-state index < -0.39 is 12.1 Å². The van der Waals surface area contributed by atoms with Crippen molar-refractivity contribution in [3.05, 3.63) is 30.3 Å². The Balaban J connectivity index is 0.00000225. The Labute approximate surface area is 154 Å². The first kappa shape index (κ1) is 19.7. The van der Waals surface area contributed by atoms with E-state index in [1.165, 1.54) is 0 Å². The zero-order valence-electron chi connectivity index (χ0n) is 14.5. The maximum Gasteiger partial charge on any atom is 0.252 e. The van der Waals surface area contributed by atoms with Gasteiger partial charge in [0.1, 0.15) is 12.1 Å². The highest BCUT2D eigenvalue weighted by molar-refractivity contribution is 6.00. The molecule has 25 heavy (non-hydrogen) atoms. The molecule has 6 nitrogen and oxygen atoms in total. The SMILES string of the molecule is CN(C(=O)[C@@H]1CC[C@H](CN)O1)C1CCCN(c2ccccc2)C1=O.Cl. The number of rotatable bonds is 4. The molecule has 0 aliphatic carbocycles. The molecule has 0 saturated carbocycles. The monoisotopic (exact) mass is 367 g/mol. The molecule has 138 valence electrons. The number of piperidine rings is 1. The van der Waals surface area contributed by atoms with E-state index >= 15 is 0 Å². The van der Waals surface area contributed by atoms with Gasteiger partial charge in [-0.25, -0.2) is 0 Å². The quantitative estimate of drug-likeness (QED) is 0.876. The molecule has 0 bridgehead atoms. The van der Waals surface area contributed by atoms with Gasteiger partial charge in [-0.05, 0) is 37.8 Å². The first-order chi connectivity index (χ1) is 11.6. The molecular formula is C18H26ClN3O3. The lowest BCUT2D eigenvalue weighted by Crippen LogP contribution is -2.54. The third kappa shape index (κ3) is 4.14. The van der Waals surface area contributed by atoms with Gasteiger partial charge in [0.15, 0.2) is 0 Å². The lowest BCUT2D eigenvalue weighted by Gasteiger charge is -2.37. The van der Waals surface area contributed by atoms with Gasteiger partial charge in [0.25, 0.3) is 5.91 Å². The maximum atomic E-state index is 12.9. The van der Waals surface area contributed by atoms with Gasteiger partial charge in [-0.1, -0.05) is 18.2 Å². The summed E-state index contributed by atoms with van der Waals surface area (Å²) in [5, 5.41) is 0. The van der Waals surface area contributed by atoms with Gasteiger partial charge in [0.05, 0.1) is 6.10 Å². The Kier molecular flexibility index (Phi) is 6.81. The number of hydrogen-bond donors (Lipinski definition) is 1. The van der Waals surface area contributed by atoms with Gasteiger partial charge >= 0.3 is 0 Å². The molecule has 2 fully saturated rings. The van der Waals surface area contributed by atoms with Crippen LogP contribution < -0.4 is 10.6 Å². The normalized spacial score (nSPS) is 26.2. The molecule has 3 atom stereocenters. The summed E-state index contributed by atoms with van der Waals surface area (Å²) in [5.41, 5.74) is 6.49. The fourth-order valence-corrected chi connectivity index (χ4v) is 3.52. The second-order valence-corrected chi connectivity index (χ2v) is 6.49. The van der Waals surface area contributed by atoms with Crippen molar-refractivity contribution in [3.8, 4) is 0 Å². The fraction of sp³-hybridized carbons (Fsp3) is 0.556. The highest BCUT2D eigenvalue weighted by Gasteiger charge is 2.39. The number of amides is 2. The molecule has 3 rings (SSSR count). The molecule has 2 amide bonds. The van der Waals surface area contributed by atoms with Crippen LogP contribution in [0.5, 0.6) is 0 Å². The number of ether oxygens (including phenoxy) is 1. The second-order valence-electron chi connectivity index (χ2n) is 6.49. The number of benzene rings is 1. The van der Waals surface area contributed by atoms with Crippen LogP contribution >= 0.6 is 12.4 Å². The minimum absolute atomic E-state index is 0. The summed E-state index contributed by atoms with van der Waals surface area (Å²) >= 11 is 0. The largest absolute Gasteiger partial charge is 0.364 e. The topological polar surface area (TPSA) is 75.9 Å². The Morgan fingerprint density at radius 2 is 2.00 bits per heavy atom. The number of hydrogen-bond acceptors (Lipinski definition) is 4. The van der Waals surface area contributed by atoms with E-state index in [0.717, 1.165) is 18.5 Å². The molecule has 0 spiro atoms. The number of nitrogens with two attached hydrogens (primary N) is 1. The minimum Gasteiger partial charge on any atom is -0.364 e. The van der Waals surface area contributed by atoms with Crippen molar-refractivity contribution in [2.45, 2.75) is 43.9 Å². The second kappa shape index (κ2) is 8.65. The standard InChI is InChI=1S/C18H25N3O3.ClH/c1-20(18(23)16-10-9-14(12-19)24-16)15-8-5-11-21(17(15)22)13-6-3-2-4-7-13;/h2-4,6-7,14-16H,5,8-12,19H2,1H3;1H/t14-,15?,16+;/m1./s1. The molecule has 2 N–H and O–H groups in total. The van der Waals surface area contributed by atoms with Crippen LogP contribution in [-0.4, -0.2) is 55.1 Å². The number of nitrogens with zero attached hydrogens (tertiary/aromatic N) is 2. The van der Waals surface area contributed by atoms with Crippen molar-refractivity contribution in [2.75, 3.05) is 25.0 Å². The van der Waals surface area contributed by atoms with E-state index in [1.54, 1.807) is 16.8 Å². The Bertz CT molecular complexity index is 598. The van der Waals surface area contributed by atoms with Crippen LogP contribution in [0.1, 0.15) is 25.7 Å². The molecule has 0 radical (unpaired) electrons. The lowest BCUT2D eigenvalue weighted by molar-refractivity contribution is -0.147. The average molecular weight is 368 g/mol. The van der Waals surface area contributed by atoms with Crippen molar-refractivity contribution in [2.24, 2.45) is 5.73 Å². The summed E-state index contributed by atoms with van der Waals surface area (Å²) in [4.78, 5) is 28.9. The number of halogens is 1. The van der Waals surface area contributed by atoms with Crippen LogP contribution in [-0.2, 0) is 14.3 Å². The van der Waals surface area contributed by atoms with Gasteiger partial charge < -0.3 is 20.3 Å². The fourth-order valence-electron chi connectivity index (χ4n) is 3.52. The summed E-state index contributed by atoms with van der Waals surface area (Å²) < 4.78 is 5.69. The molecule has 1 aromatic carbocycles. The first-order valence-electron chi connectivity index (χ1n) is 8.60. The van der Waals surface area contributed by atoms with E-state index in [2.05, 4.69) is 0 Å². The number of carbonyl (C=O) groups is 2. The Hall–Kier alpha value is -1.63. The zero-order chi connectivity index (χ0) is 17.1. The van der Waals surface area contributed by atoms with E-state index in [4.69, 9.17) is 10.5 Å². The van der Waals surface area contributed by atoms with Gasteiger partial charge in [0, 0.05) is 25.8 Å². The summed E-state index contributed by atoms with van der Waals surface area (Å²) in [5.74, 6) is -0.129. The van der Waals surface area contributed by atoms with E-state index in [0.29, 0.717) is 25.9 Å². The molecule has 2 aliphatic heterocycles. The predicted octanol–water partition coefficient (Wildman–Crippen LogP) is 1.57. The van der Waals surface area contributed by atoms with Crippen LogP contribution in [0.2, 0.25) is 0 Å². The summed E-state index contributed by atoms with van der Waals surface area (Å²) in [7, 11) is 1.71. The molecule has 2 heterocycles. The summed E-state index contributed by atoms with van der Waals surface area (Å²) in [6, 6.07) is 9.19. The van der Waals surface area contributed by atoms with Gasteiger partial charge in [-0.15, -0.1) is 12.4 Å². The third-order valence-corrected chi connectivity index (χ3v) is 4.94. The maximum absolute atomic E-state index is 12.9. The Morgan fingerprint density at radius 1 is 1.28 bits per heavy atom. The molecule has 1 aromatic rings. The first-order valence-corrected chi connectivity index (χ1v) is 8.60. The van der Waals surface area contributed by atoms with Crippen molar-refractivity contribution in [1.29, 1.82) is 0 Å². The van der Waals surface area contributed by atoms with Crippen molar-refractivity contribution >= 4 is 29.9 Å². The van der Waals surface area contributed by atoms with Gasteiger partial charge in [-0.2, -0.15) is 0 Å². The van der Waals surface area contributed by atoms with Crippen molar-refractivity contribution in [3.63, 3.8) is 0 Å². The highest BCUT2D eigenvalue weighted by Crippen LogP contribution is 2.26. The number of para-hydroxylation sites is 1. The minimum atomic E-state index is -0.469. The van der Waals surface area contributed by atoms with Crippen LogP contribution in [0.4, 0.5) is 5.69 Å². The van der Waals surface area contributed by atoms with E-state index in [9.17, 15) is 9.59 Å². The summed E-state index contributed by atoms with van der Waals surface area (Å²) in [6.07, 6.45) is 2.53. The molecule has 2 aliphatic rings. The highest BCUT2D eigenvalue weighted by atomic mass is 35.5. The molecule has 0 aromatic heterocycles.